The van der Waals surface area contributed by atoms with Gasteiger partial charge in [-0.15, -0.1) is 0 Å². The molecule has 0 aliphatic carbocycles. The molecule has 0 bridgehead atoms. The van der Waals surface area contributed by atoms with E-state index in [1.807, 2.05) is 31.2 Å². The second-order valence-corrected chi connectivity index (χ2v) is 8.32. The molecule has 3 rings (SSSR count). The van der Waals surface area contributed by atoms with Gasteiger partial charge in [-0.1, -0.05) is 29.8 Å². The van der Waals surface area contributed by atoms with Gasteiger partial charge < -0.3 is 11.1 Å². The van der Waals surface area contributed by atoms with Crippen molar-refractivity contribution in [3.63, 3.8) is 0 Å². The number of primary sulfonamides is 1. The Morgan fingerprint density at radius 3 is 2.46 bits per heavy atom. The van der Waals surface area contributed by atoms with Crippen LogP contribution in [-0.4, -0.2) is 24.9 Å². The molecule has 5 N–H and O–H groups in total. The third kappa shape index (κ3) is 4.98. The topological polar surface area (TPSA) is 124 Å². The summed E-state index contributed by atoms with van der Waals surface area (Å²) in [6.07, 6.45) is 0.667. The third-order valence-electron chi connectivity index (χ3n) is 4.19. The van der Waals surface area contributed by atoms with Gasteiger partial charge in [-0.25, -0.2) is 18.5 Å². The van der Waals surface area contributed by atoms with Crippen molar-refractivity contribution in [1.82, 2.24) is 9.97 Å². The molecule has 0 fully saturated rings. The maximum atomic E-state index is 11.3. The van der Waals surface area contributed by atoms with Crippen LogP contribution in [0.1, 0.15) is 11.1 Å². The number of nitrogens with two attached hydrogens (primary N) is 2. The number of benzene rings is 2. The van der Waals surface area contributed by atoms with Gasteiger partial charge in [0.05, 0.1) is 10.6 Å². The van der Waals surface area contributed by atoms with Gasteiger partial charge in [0.2, 0.25) is 16.0 Å². The minimum absolute atomic E-state index is 0.0920. The van der Waals surface area contributed by atoms with Crippen LogP contribution in [0.4, 0.5) is 11.8 Å². The lowest BCUT2D eigenvalue weighted by molar-refractivity contribution is 0.598. The number of nitrogens with one attached hydrogen (secondary N) is 1. The van der Waals surface area contributed by atoms with Crippen LogP contribution in [0.2, 0.25) is 5.02 Å². The van der Waals surface area contributed by atoms with E-state index in [-0.39, 0.29) is 10.8 Å². The molecular weight excluding hydrogens is 398 g/mol. The number of nitrogens with zero attached hydrogens (tertiary/aromatic N) is 2. The highest BCUT2D eigenvalue weighted by atomic mass is 35.5. The number of halogens is 1. The average Bonchev–Trinajstić information content (AvgIpc) is 2.63. The van der Waals surface area contributed by atoms with Gasteiger partial charge in [0.25, 0.3) is 0 Å². The van der Waals surface area contributed by atoms with E-state index in [4.69, 9.17) is 22.5 Å². The highest BCUT2D eigenvalue weighted by molar-refractivity contribution is 7.89. The lowest BCUT2D eigenvalue weighted by atomic mass is 10.1. The molecule has 0 radical (unpaired) electrons. The molecule has 1 heterocycles. The first kappa shape index (κ1) is 20.1. The summed E-state index contributed by atoms with van der Waals surface area (Å²) in [4.78, 5) is 8.61. The number of hydrogen-bond donors (Lipinski definition) is 3. The molecule has 0 atom stereocenters. The quantitative estimate of drug-likeness (QED) is 0.566. The lowest BCUT2D eigenvalue weighted by Crippen LogP contribution is -2.12. The smallest absolute Gasteiger partial charge is 0.238 e. The Bertz CT molecular complexity index is 1100. The molecular formula is C19H20ClN5O2S. The molecule has 1 aromatic heterocycles. The van der Waals surface area contributed by atoms with Crippen LogP contribution in [0.15, 0.2) is 53.4 Å². The Morgan fingerprint density at radius 2 is 1.79 bits per heavy atom. The molecule has 7 nitrogen and oxygen atoms in total. The van der Waals surface area contributed by atoms with Gasteiger partial charge in [-0.05, 0) is 48.7 Å². The van der Waals surface area contributed by atoms with Gasteiger partial charge in [0.1, 0.15) is 5.82 Å². The van der Waals surface area contributed by atoms with Crippen molar-refractivity contribution in [2.45, 2.75) is 18.2 Å². The minimum atomic E-state index is -3.68. The van der Waals surface area contributed by atoms with Crippen LogP contribution >= 0.6 is 11.6 Å². The molecule has 0 spiro atoms. The molecule has 9 heteroatoms. The average molecular weight is 418 g/mol. The normalized spacial score (nSPS) is 11.4. The first-order chi connectivity index (χ1) is 13.2. The molecule has 0 saturated heterocycles. The Labute approximate surface area is 168 Å². The summed E-state index contributed by atoms with van der Waals surface area (Å²) in [7, 11) is -3.68. The number of anilines is 2. The van der Waals surface area contributed by atoms with Crippen molar-refractivity contribution < 1.29 is 8.42 Å². The maximum absolute atomic E-state index is 11.3. The highest BCUT2D eigenvalue weighted by Crippen LogP contribution is 2.27. The minimum Gasteiger partial charge on any atom is -0.370 e. The van der Waals surface area contributed by atoms with Crippen molar-refractivity contribution in [3.8, 4) is 11.3 Å². The fourth-order valence-electron chi connectivity index (χ4n) is 2.75. The SMILES string of the molecule is Cc1ccc(Cl)cc1-c1cc(NCCc2ccc(S(N)(=O)=O)cc2)nc(N)n1. The second kappa shape index (κ2) is 8.14. The summed E-state index contributed by atoms with van der Waals surface area (Å²) >= 11 is 6.10. The predicted octanol–water partition coefficient (Wildman–Crippen LogP) is 2.99. The van der Waals surface area contributed by atoms with Crippen LogP contribution in [0, 0.1) is 6.92 Å². The number of rotatable bonds is 6. The predicted molar refractivity (Wildman–Crippen MR) is 112 cm³/mol. The summed E-state index contributed by atoms with van der Waals surface area (Å²) in [6, 6.07) is 13.9. The molecule has 0 saturated carbocycles. The van der Waals surface area contributed by atoms with Crippen LogP contribution in [-0.2, 0) is 16.4 Å². The van der Waals surface area contributed by atoms with Crippen LogP contribution in [0.3, 0.4) is 0 Å². The maximum Gasteiger partial charge on any atom is 0.238 e. The van der Waals surface area contributed by atoms with E-state index in [1.165, 1.54) is 12.1 Å². The van der Waals surface area contributed by atoms with E-state index in [1.54, 1.807) is 12.1 Å². The van der Waals surface area contributed by atoms with Gasteiger partial charge in [-0.2, -0.15) is 4.98 Å². The van der Waals surface area contributed by atoms with E-state index in [2.05, 4.69) is 15.3 Å². The van der Waals surface area contributed by atoms with E-state index in [0.717, 1.165) is 16.7 Å². The number of aromatic nitrogens is 2. The monoisotopic (exact) mass is 417 g/mol. The van der Waals surface area contributed by atoms with E-state index >= 15 is 0 Å². The standard InChI is InChI=1S/C19H20ClN5O2S/c1-12-2-5-14(20)10-16(12)17-11-18(25-19(21)24-17)23-9-8-13-3-6-15(7-4-13)28(22,26)27/h2-7,10-11H,8-9H2,1H3,(H2,22,26,27)(H3,21,23,24,25). The number of sulfonamides is 1. The number of hydrogen-bond acceptors (Lipinski definition) is 6. The Hall–Kier alpha value is -2.68. The number of aryl methyl sites for hydroxylation is 1. The van der Waals surface area contributed by atoms with Crippen LogP contribution < -0.4 is 16.2 Å². The molecule has 28 heavy (non-hydrogen) atoms. The lowest BCUT2D eigenvalue weighted by Gasteiger charge is -2.11. The molecule has 0 unspecified atom stereocenters. The Morgan fingerprint density at radius 1 is 1.07 bits per heavy atom. The highest BCUT2D eigenvalue weighted by Gasteiger charge is 2.09. The van der Waals surface area contributed by atoms with E-state index in [9.17, 15) is 8.42 Å². The van der Waals surface area contributed by atoms with Gasteiger partial charge in [0, 0.05) is 23.2 Å². The zero-order valence-corrected chi connectivity index (χ0v) is 16.8. The molecule has 2 aromatic carbocycles. The van der Waals surface area contributed by atoms with E-state index < -0.39 is 10.0 Å². The molecule has 146 valence electrons. The fourth-order valence-corrected chi connectivity index (χ4v) is 3.43. The summed E-state index contributed by atoms with van der Waals surface area (Å²) in [5.41, 5.74) is 9.44. The van der Waals surface area contributed by atoms with E-state index in [0.29, 0.717) is 29.5 Å². The largest absolute Gasteiger partial charge is 0.370 e. The molecule has 0 aliphatic heterocycles. The Kier molecular flexibility index (Phi) is 5.83. The van der Waals surface area contributed by atoms with Crippen molar-refractivity contribution >= 4 is 33.4 Å². The Balaban J connectivity index is 1.71. The molecule has 3 aromatic rings. The zero-order chi connectivity index (χ0) is 20.3. The first-order valence-electron chi connectivity index (χ1n) is 8.49. The summed E-state index contributed by atoms with van der Waals surface area (Å²) < 4.78 is 22.6. The van der Waals surface area contributed by atoms with Gasteiger partial charge in [0.15, 0.2) is 0 Å². The second-order valence-electron chi connectivity index (χ2n) is 6.32. The van der Waals surface area contributed by atoms with Crippen molar-refractivity contribution in [1.29, 1.82) is 0 Å². The number of nitrogen functional groups attached to an aromatic ring is 1. The molecule has 0 amide bonds. The fraction of sp³-hybridized carbons (Fsp3) is 0.158. The summed E-state index contributed by atoms with van der Waals surface area (Å²) in [5.74, 6) is 0.764. The summed E-state index contributed by atoms with van der Waals surface area (Å²) in [6.45, 7) is 2.56. The zero-order valence-electron chi connectivity index (χ0n) is 15.2. The van der Waals surface area contributed by atoms with Crippen LogP contribution in [0.5, 0.6) is 0 Å². The van der Waals surface area contributed by atoms with Crippen molar-refractivity contribution in [3.05, 3.63) is 64.7 Å². The van der Waals surface area contributed by atoms with Crippen molar-refractivity contribution in [2.24, 2.45) is 5.14 Å². The van der Waals surface area contributed by atoms with Gasteiger partial charge in [-0.3, -0.25) is 0 Å². The molecule has 0 aliphatic rings. The summed E-state index contributed by atoms with van der Waals surface area (Å²) in [5, 5.41) is 8.94. The van der Waals surface area contributed by atoms with Crippen molar-refractivity contribution in [2.75, 3.05) is 17.6 Å². The van der Waals surface area contributed by atoms with Crippen LogP contribution in [0.25, 0.3) is 11.3 Å². The third-order valence-corrected chi connectivity index (χ3v) is 5.36. The van der Waals surface area contributed by atoms with Gasteiger partial charge >= 0.3 is 0 Å². The first-order valence-corrected chi connectivity index (χ1v) is 10.4.